The van der Waals surface area contributed by atoms with Gasteiger partial charge in [-0.2, -0.15) is 0 Å². The first-order valence-corrected chi connectivity index (χ1v) is 7.72. The van der Waals surface area contributed by atoms with Gasteiger partial charge in [0, 0.05) is 0 Å². The van der Waals surface area contributed by atoms with E-state index in [9.17, 15) is 9.18 Å². The zero-order chi connectivity index (χ0) is 17.8. The molecule has 0 fully saturated rings. The normalized spacial score (nSPS) is 10.5. The van der Waals surface area contributed by atoms with Gasteiger partial charge in [0.1, 0.15) is 5.82 Å². The molecule has 25 heavy (non-hydrogen) atoms. The highest BCUT2D eigenvalue weighted by Crippen LogP contribution is 2.17. The van der Waals surface area contributed by atoms with Gasteiger partial charge < -0.3 is 9.73 Å². The second-order valence-corrected chi connectivity index (χ2v) is 5.67. The topological polar surface area (TPSA) is 80.0 Å². The SMILES string of the molecule is Cc1ccc(Cc2nnc(NC(=O)Nc3ccccc3F)o2)c(C)c1. The van der Waals surface area contributed by atoms with Gasteiger partial charge in [-0.3, -0.25) is 5.32 Å². The second kappa shape index (κ2) is 7.12. The van der Waals surface area contributed by atoms with Crippen LogP contribution in [0.2, 0.25) is 0 Å². The van der Waals surface area contributed by atoms with Crippen molar-refractivity contribution >= 4 is 17.7 Å². The summed E-state index contributed by atoms with van der Waals surface area (Å²) in [5.74, 6) is -0.146. The number of aryl methyl sites for hydroxylation is 2. The summed E-state index contributed by atoms with van der Waals surface area (Å²) < 4.78 is 18.9. The standard InChI is InChI=1S/C18H17FN4O2/c1-11-7-8-13(12(2)9-11)10-16-22-23-18(25-16)21-17(24)20-15-6-4-3-5-14(15)19/h3-9H,10H2,1-2H3,(H2,20,21,23,24). The lowest BCUT2D eigenvalue weighted by atomic mass is 10.0. The van der Waals surface area contributed by atoms with E-state index in [1.165, 1.54) is 23.8 Å². The number of urea groups is 1. The number of hydrogen-bond acceptors (Lipinski definition) is 4. The predicted molar refractivity (Wildman–Crippen MR) is 92.1 cm³/mol. The van der Waals surface area contributed by atoms with Gasteiger partial charge in [0.25, 0.3) is 0 Å². The van der Waals surface area contributed by atoms with E-state index in [1.807, 2.05) is 26.0 Å². The highest BCUT2D eigenvalue weighted by Gasteiger charge is 2.12. The first-order chi connectivity index (χ1) is 12.0. The fraction of sp³-hybridized carbons (Fsp3) is 0.167. The van der Waals surface area contributed by atoms with Crippen LogP contribution in [0.1, 0.15) is 22.6 Å². The molecule has 0 aliphatic rings. The van der Waals surface area contributed by atoms with Gasteiger partial charge in [0.2, 0.25) is 5.89 Å². The first-order valence-electron chi connectivity index (χ1n) is 7.72. The Balaban J connectivity index is 1.63. The molecule has 0 spiro atoms. The van der Waals surface area contributed by atoms with Crippen LogP contribution in [0.25, 0.3) is 0 Å². The molecule has 2 N–H and O–H groups in total. The summed E-state index contributed by atoms with van der Waals surface area (Å²) in [6.07, 6.45) is 0.468. The van der Waals surface area contributed by atoms with Crippen molar-refractivity contribution in [1.82, 2.24) is 10.2 Å². The molecule has 0 saturated heterocycles. The van der Waals surface area contributed by atoms with Gasteiger partial charge in [-0.15, -0.1) is 5.10 Å². The number of halogens is 1. The highest BCUT2D eigenvalue weighted by atomic mass is 19.1. The highest BCUT2D eigenvalue weighted by molar-refractivity contribution is 5.98. The molecule has 0 radical (unpaired) electrons. The van der Waals surface area contributed by atoms with Gasteiger partial charge in [0.05, 0.1) is 12.1 Å². The Morgan fingerprint density at radius 2 is 1.92 bits per heavy atom. The number of rotatable bonds is 4. The largest absolute Gasteiger partial charge is 0.407 e. The average Bonchev–Trinajstić information content (AvgIpc) is 2.99. The molecule has 2 aromatic carbocycles. The Kier molecular flexibility index (Phi) is 4.74. The molecule has 0 saturated carbocycles. The first kappa shape index (κ1) is 16.6. The minimum absolute atomic E-state index is 0.0476. The van der Waals surface area contributed by atoms with E-state index in [4.69, 9.17) is 4.42 Å². The molecule has 0 unspecified atom stereocenters. The Hall–Kier alpha value is -3.22. The third-order valence-electron chi connectivity index (χ3n) is 3.65. The van der Waals surface area contributed by atoms with Crippen molar-refractivity contribution in [2.75, 3.05) is 10.6 Å². The molecule has 128 valence electrons. The summed E-state index contributed by atoms with van der Waals surface area (Å²) in [7, 11) is 0. The van der Waals surface area contributed by atoms with E-state index in [0.717, 1.165) is 11.1 Å². The molecule has 0 atom stereocenters. The maximum Gasteiger partial charge on any atom is 0.327 e. The second-order valence-electron chi connectivity index (χ2n) is 5.67. The van der Waals surface area contributed by atoms with Crippen molar-refractivity contribution in [3.63, 3.8) is 0 Å². The van der Waals surface area contributed by atoms with Crippen molar-refractivity contribution in [3.05, 3.63) is 70.9 Å². The van der Waals surface area contributed by atoms with Gasteiger partial charge >= 0.3 is 12.0 Å². The van der Waals surface area contributed by atoms with Crippen molar-refractivity contribution < 1.29 is 13.6 Å². The lowest BCUT2D eigenvalue weighted by Gasteiger charge is -2.05. The molecule has 3 rings (SSSR count). The molecule has 0 bridgehead atoms. The van der Waals surface area contributed by atoms with Crippen LogP contribution >= 0.6 is 0 Å². The van der Waals surface area contributed by atoms with Crippen LogP contribution in [0.15, 0.2) is 46.9 Å². The van der Waals surface area contributed by atoms with Crippen LogP contribution in [-0.4, -0.2) is 16.2 Å². The van der Waals surface area contributed by atoms with E-state index in [2.05, 4.69) is 26.9 Å². The molecule has 2 amide bonds. The number of hydrogen-bond donors (Lipinski definition) is 2. The van der Waals surface area contributed by atoms with Gasteiger partial charge in [-0.05, 0) is 37.1 Å². The van der Waals surface area contributed by atoms with Gasteiger partial charge in [-0.1, -0.05) is 41.0 Å². The molecule has 0 aliphatic carbocycles. The maximum atomic E-state index is 13.5. The third-order valence-corrected chi connectivity index (χ3v) is 3.65. The Bertz CT molecular complexity index is 908. The molecule has 6 nitrogen and oxygen atoms in total. The van der Waals surface area contributed by atoms with E-state index >= 15 is 0 Å². The van der Waals surface area contributed by atoms with E-state index in [1.54, 1.807) is 6.07 Å². The van der Waals surface area contributed by atoms with E-state index < -0.39 is 11.8 Å². The Morgan fingerprint density at radius 1 is 1.12 bits per heavy atom. The van der Waals surface area contributed by atoms with E-state index in [0.29, 0.717) is 12.3 Å². The summed E-state index contributed by atoms with van der Waals surface area (Å²) in [6, 6.07) is 11.3. The number of para-hydroxylation sites is 1. The minimum atomic E-state index is -0.660. The number of nitrogens with zero attached hydrogens (tertiary/aromatic N) is 2. The van der Waals surface area contributed by atoms with Crippen molar-refractivity contribution in [3.8, 4) is 0 Å². The summed E-state index contributed by atoms with van der Waals surface area (Å²) in [5, 5.41) is 12.5. The minimum Gasteiger partial charge on any atom is -0.407 e. The lowest BCUT2D eigenvalue weighted by Crippen LogP contribution is -2.20. The van der Waals surface area contributed by atoms with Gasteiger partial charge in [0.15, 0.2) is 0 Å². The van der Waals surface area contributed by atoms with Crippen LogP contribution in [0.5, 0.6) is 0 Å². The fourth-order valence-corrected chi connectivity index (χ4v) is 2.40. The number of anilines is 2. The number of benzene rings is 2. The zero-order valence-electron chi connectivity index (χ0n) is 13.8. The van der Waals surface area contributed by atoms with E-state index in [-0.39, 0.29) is 11.7 Å². The molecule has 0 aliphatic heterocycles. The van der Waals surface area contributed by atoms with Gasteiger partial charge in [-0.25, -0.2) is 9.18 Å². The quantitative estimate of drug-likeness (QED) is 0.750. The van der Waals surface area contributed by atoms with Crippen LogP contribution in [0, 0.1) is 19.7 Å². The molecular weight excluding hydrogens is 323 g/mol. The van der Waals surface area contributed by atoms with Crippen LogP contribution < -0.4 is 10.6 Å². The van der Waals surface area contributed by atoms with Crippen molar-refractivity contribution in [1.29, 1.82) is 0 Å². The number of aromatic nitrogens is 2. The number of amides is 2. The van der Waals surface area contributed by atoms with Crippen LogP contribution in [0.3, 0.4) is 0 Å². The number of carbonyl (C=O) groups is 1. The molecule has 7 heteroatoms. The Labute approximate surface area is 144 Å². The molecule has 1 aromatic heterocycles. The summed E-state index contributed by atoms with van der Waals surface area (Å²) in [6.45, 7) is 4.04. The Morgan fingerprint density at radius 3 is 2.68 bits per heavy atom. The predicted octanol–water partition coefficient (Wildman–Crippen LogP) is 4.06. The number of carbonyl (C=O) groups excluding carboxylic acids is 1. The lowest BCUT2D eigenvalue weighted by molar-refractivity contribution is 0.261. The summed E-state index contributed by atoms with van der Waals surface area (Å²) in [4.78, 5) is 11.9. The fourth-order valence-electron chi connectivity index (χ4n) is 2.40. The third kappa shape index (κ3) is 4.20. The van der Waals surface area contributed by atoms with Crippen molar-refractivity contribution in [2.45, 2.75) is 20.3 Å². The summed E-state index contributed by atoms with van der Waals surface area (Å²) >= 11 is 0. The summed E-state index contributed by atoms with van der Waals surface area (Å²) in [5.41, 5.74) is 3.44. The number of nitrogens with one attached hydrogen (secondary N) is 2. The van der Waals surface area contributed by atoms with Crippen LogP contribution in [0.4, 0.5) is 20.9 Å². The van der Waals surface area contributed by atoms with Crippen LogP contribution in [-0.2, 0) is 6.42 Å². The monoisotopic (exact) mass is 340 g/mol. The molecular formula is C18H17FN4O2. The molecule has 3 aromatic rings. The smallest absolute Gasteiger partial charge is 0.327 e. The molecule has 1 heterocycles. The zero-order valence-corrected chi connectivity index (χ0v) is 13.8. The average molecular weight is 340 g/mol. The van der Waals surface area contributed by atoms with Crippen molar-refractivity contribution in [2.24, 2.45) is 0 Å². The maximum absolute atomic E-state index is 13.5.